The number of rotatable bonds is 6. The molecule has 0 heterocycles. The molecule has 1 aliphatic rings. The molecule has 0 saturated carbocycles. The minimum Gasteiger partial charge on any atom is -0.352 e. The lowest BCUT2D eigenvalue weighted by Crippen LogP contribution is -2.25. The highest BCUT2D eigenvalue weighted by Gasteiger charge is 2.04. The molecule has 19 heavy (non-hydrogen) atoms. The molecular weight excluding hydrogens is 234 g/mol. The first-order chi connectivity index (χ1) is 9.26. The first-order valence-electron chi connectivity index (χ1n) is 6.49. The van der Waals surface area contributed by atoms with Crippen molar-refractivity contribution in [1.29, 1.82) is 0 Å². The van der Waals surface area contributed by atoms with Gasteiger partial charge in [0, 0.05) is 6.54 Å². The van der Waals surface area contributed by atoms with Gasteiger partial charge in [-0.2, -0.15) is 0 Å². The summed E-state index contributed by atoms with van der Waals surface area (Å²) in [5.41, 5.74) is 2.03. The summed E-state index contributed by atoms with van der Waals surface area (Å²) in [6.45, 7) is 6.20. The van der Waals surface area contributed by atoms with Crippen LogP contribution in [-0.4, -0.2) is 12.5 Å². The molecule has 2 heteroatoms. The van der Waals surface area contributed by atoms with Gasteiger partial charge >= 0.3 is 0 Å². The number of nitrogens with one attached hydrogen (secondary N) is 1. The quantitative estimate of drug-likeness (QED) is 0.722. The molecule has 0 spiro atoms. The minimum atomic E-state index is 0.0272. The van der Waals surface area contributed by atoms with Crippen molar-refractivity contribution in [2.24, 2.45) is 0 Å². The van der Waals surface area contributed by atoms with Gasteiger partial charge in [0.1, 0.15) is 0 Å². The Labute approximate surface area is 115 Å². The maximum Gasteiger partial charge on any atom is 0.224 e. The molecule has 0 aromatic carbocycles. The lowest BCUT2D eigenvalue weighted by Gasteiger charge is -2.06. The van der Waals surface area contributed by atoms with Crippen LogP contribution in [0.1, 0.15) is 19.8 Å². The number of allylic oxidation sites excluding steroid dienone is 8. The number of carbonyl (C=O) groups is 1. The standard InChI is InChI=1S/C17H21NO/c1-3-5-10-15(4-2)14-18-17(19)13-16-11-8-6-7-9-12-16/h3-6,8-12H,2,7,13-14H2,1H3,(H,18,19)/b5-3-,15-10+. The van der Waals surface area contributed by atoms with Crippen LogP contribution in [0.25, 0.3) is 0 Å². The van der Waals surface area contributed by atoms with Gasteiger partial charge in [-0.15, -0.1) is 0 Å². The van der Waals surface area contributed by atoms with Gasteiger partial charge in [-0.25, -0.2) is 0 Å². The number of amides is 1. The molecule has 100 valence electrons. The Morgan fingerprint density at radius 2 is 2.32 bits per heavy atom. The summed E-state index contributed by atoms with van der Waals surface area (Å²) < 4.78 is 0. The molecule has 1 aliphatic carbocycles. The molecule has 0 bridgehead atoms. The zero-order chi connectivity index (χ0) is 13.9. The summed E-state index contributed by atoms with van der Waals surface area (Å²) in [5, 5.41) is 2.90. The lowest BCUT2D eigenvalue weighted by atomic mass is 10.1. The summed E-state index contributed by atoms with van der Waals surface area (Å²) in [4.78, 5) is 11.8. The fourth-order valence-electron chi connectivity index (χ4n) is 1.61. The molecule has 0 radical (unpaired) electrons. The SMILES string of the molecule is C=C/C(=C\C=C/C)CNC(=O)CC1=CC=CCC=C1. The van der Waals surface area contributed by atoms with E-state index in [9.17, 15) is 4.79 Å². The maximum atomic E-state index is 11.8. The van der Waals surface area contributed by atoms with Crippen molar-refractivity contribution in [2.45, 2.75) is 19.8 Å². The molecule has 0 fully saturated rings. The van der Waals surface area contributed by atoms with E-state index in [-0.39, 0.29) is 5.91 Å². The highest BCUT2D eigenvalue weighted by molar-refractivity contribution is 5.79. The average Bonchev–Trinajstić information content (AvgIpc) is 2.67. The Morgan fingerprint density at radius 1 is 1.47 bits per heavy atom. The second kappa shape index (κ2) is 8.92. The third-order valence-corrected chi connectivity index (χ3v) is 2.67. The number of hydrogen-bond donors (Lipinski definition) is 1. The van der Waals surface area contributed by atoms with Crippen LogP contribution in [0.2, 0.25) is 0 Å². The summed E-state index contributed by atoms with van der Waals surface area (Å²) in [5.74, 6) is 0.0272. The summed E-state index contributed by atoms with van der Waals surface area (Å²) >= 11 is 0. The van der Waals surface area contributed by atoms with Crippen LogP contribution in [0, 0.1) is 0 Å². The van der Waals surface area contributed by atoms with E-state index in [1.807, 2.05) is 43.4 Å². The fraction of sp³-hybridized carbons (Fsp3) is 0.235. The first-order valence-corrected chi connectivity index (χ1v) is 6.49. The van der Waals surface area contributed by atoms with Gasteiger partial charge in [-0.1, -0.05) is 61.3 Å². The normalized spacial score (nSPS) is 15.2. The second-order valence-corrected chi connectivity index (χ2v) is 4.23. The third-order valence-electron chi connectivity index (χ3n) is 2.67. The van der Waals surface area contributed by atoms with Gasteiger partial charge in [0.05, 0.1) is 6.42 Å². The highest BCUT2D eigenvalue weighted by atomic mass is 16.1. The predicted molar refractivity (Wildman–Crippen MR) is 81.7 cm³/mol. The Morgan fingerprint density at radius 3 is 3.05 bits per heavy atom. The maximum absolute atomic E-state index is 11.8. The molecule has 1 N–H and O–H groups in total. The third kappa shape index (κ3) is 6.41. The molecular formula is C17H21NO. The second-order valence-electron chi connectivity index (χ2n) is 4.23. The Hall–Kier alpha value is -2.09. The van der Waals surface area contributed by atoms with Crippen LogP contribution in [0.15, 0.2) is 72.4 Å². The summed E-state index contributed by atoms with van der Waals surface area (Å²) in [6.07, 6.45) is 19.0. The fourth-order valence-corrected chi connectivity index (χ4v) is 1.61. The molecule has 0 aliphatic heterocycles. The van der Waals surface area contributed by atoms with Gasteiger partial charge in [0.25, 0.3) is 0 Å². The molecule has 0 aromatic heterocycles. The molecule has 0 aromatic rings. The van der Waals surface area contributed by atoms with Crippen molar-refractivity contribution in [3.05, 3.63) is 72.4 Å². The van der Waals surface area contributed by atoms with Crippen LogP contribution in [0.4, 0.5) is 0 Å². The lowest BCUT2D eigenvalue weighted by molar-refractivity contribution is -0.120. The van der Waals surface area contributed by atoms with E-state index < -0.39 is 0 Å². The van der Waals surface area contributed by atoms with Gasteiger partial charge in [-0.3, -0.25) is 4.79 Å². The van der Waals surface area contributed by atoms with E-state index in [1.165, 1.54) is 0 Å². The molecule has 0 unspecified atom stereocenters. The van der Waals surface area contributed by atoms with Gasteiger partial charge in [0.15, 0.2) is 0 Å². The van der Waals surface area contributed by atoms with Crippen LogP contribution >= 0.6 is 0 Å². The topological polar surface area (TPSA) is 29.1 Å². The average molecular weight is 255 g/mol. The van der Waals surface area contributed by atoms with Crippen LogP contribution in [-0.2, 0) is 4.79 Å². The number of carbonyl (C=O) groups excluding carboxylic acids is 1. The predicted octanol–water partition coefficient (Wildman–Crippen LogP) is 3.62. The van der Waals surface area contributed by atoms with Gasteiger partial charge < -0.3 is 5.32 Å². The van der Waals surface area contributed by atoms with E-state index in [1.54, 1.807) is 6.08 Å². The molecule has 2 nitrogen and oxygen atoms in total. The molecule has 0 saturated heterocycles. The van der Waals surface area contributed by atoms with Crippen molar-refractivity contribution in [1.82, 2.24) is 5.32 Å². The molecule has 0 atom stereocenters. The van der Waals surface area contributed by atoms with E-state index in [2.05, 4.69) is 24.0 Å². The Balaban J connectivity index is 2.45. The van der Waals surface area contributed by atoms with Crippen LogP contribution in [0.5, 0.6) is 0 Å². The van der Waals surface area contributed by atoms with Crippen molar-refractivity contribution < 1.29 is 4.79 Å². The zero-order valence-corrected chi connectivity index (χ0v) is 11.4. The monoisotopic (exact) mass is 255 g/mol. The highest BCUT2D eigenvalue weighted by Crippen LogP contribution is 2.08. The summed E-state index contributed by atoms with van der Waals surface area (Å²) in [7, 11) is 0. The van der Waals surface area contributed by atoms with E-state index in [0.29, 0.717) is 13.0 Å². The van der Waals surface area contributed by atoms with Crippen molar-refractivity contribution in [2.75, 3.05) is 6.54 Å². The van der Waals surface area contributed by atoms with Crippen LogP contribution < -0.4 is 5.32 Å². The van der Waals surface area contributed by atoms with Crippen molar-refractivity contribution in [3.8, 4) is 0 Å². The molecule has 1 amide bonds. The Bertz CT molecular complexity index is 462. The zero-order valence-electron chi connectivity index (χ0n) is 11.4. The largest absolute Gasteiger partial charge is 0.352 e. The van der Waals surface area contributed by atoms with Crippen molar-refractivity contribution >= 4 is 5.91 Å². The number of hydrogen-bond acceptors (Lipinski definition) is 1. The Kier molecular flexibility index (Phi) is 7.03. The molecule has 1 rings (SSSR count). The first kappa shape index (κ1) is 15.0. The summed E-state index contributed by atoms with van der Waals surface area (Å²) in [6, 6.07) is 0. The van der Waals surface area contributed by atoms with E-state index in [4.69, 9.17) is 0 Å². The van der Waals surface area contributed by atoms with Crippen LogP contribution in [0.3, 0.4) is 0 Å². The van der Waals surface area contributed by atoms with Gasteiger partial charge in [-0.05, 0) is 24.5 Å². The minimum absolute atomic E-state index is 0.0272. The van der Waals surface area contributed by atoms with E-state index in [0.717, 1.165) is 17.6 Å². The smallest absolute Gasteiger partial charge is 0.224 e. The van der Waals surface area contributed by atoms with E-state index >= 15 is 0 Å². The van der Waals surface area contributed by atoms with Crippen molar-refractivity contribution in [3.63, 3.8) is 0 Å². The van der Waals surface area contributed by atoms with Gasteiger partial charge in [0.2, 0.25) is 5.91 Å².